The highest BCUT2D eigenvalue weighted by Crippen LogP contribution is 2.52. The number of nitrogens with zero attached hydrogens (tertiary/aromatic N) is 2. The van der Waals surface area contributed by atoms with E-state index in [1.807, 2.05) is 62.7 Å². The molecule has 0 aliphatic heterocycles. The molecular formula is C19H35FN3O2Si+. The summed E-state index contributed by atoms with van der Waals surface area (Å²) in [5.74, 6) is 0.679. The molecule has 0 bridgehead atoms. The Morgan fingerprint density at radius 3 is 2.08 bits per heavy atom. The molecule has 26 heavy (non-hydrogen) atoms. The zero-order valence-corrected chi connectivity index (χ0v) is 19.0. The first-order valence-corrected chi connectivity index (χ1v) is 10.7. The largest absolute Gasteiger partial charge is 0.497 e. The number of anilines is 1. The molecule has 148 valence electrons. The number of aromatic nitrogens is 1. The number of halogens is 1. The Morgan fingerprint density at radius 2 is 1.69 bits per heavy atom. The first kappa shape index (κ1) is 22.6. The lowest BCUT2D eigenvalue weighted by Crippen LogP contribution is -2.58. The lowest BCUT2D eigenvalue weighted by molar-refractivity contribution is -0.861. The number of carbonyl (C=O) groups is 1. The average molecular weight is 385 g/mol. The van der Waals surface area contributed by atoms with E-state index in [9.17, 15) is 4.79 Å². The van der Waals surface area contributed by atoms with Crippen LogP contribution < -0.4 is 15.2 Å². The minimum absolute atomic E-state index is 0.143. The second-order valence-electron chi connectivity index (χ2n) is 9.92. The van der Waals surface area contributed by atoms with Crippen LogP contribution in [0.4, 0.5) is 9.93 Å². The highest BCUT2D eigenvalue weighted by molar-refractivity contribution is 6.91. The van der Waals surface area contributed by atoms with E-state index in [2.05, 4.69) is 10.3 Å². The van der Waals surface area contributed by atoms with E-state index < -0.39 is 18.5 Å². The summed E-state index contributed by atoms with van der Waals surface area (Å²) in [6.45, 7) is 11.9. The van der Waals surface area contributed by atoms with Gasteiger partial charge < -0.3 is 18.6 Å². The van der Waals surface area contributed by atoms with Crippen molar-refractivity contribution in [2.75, 3.05) is 40.1 Å². The average Bonchev–Trinajstić information content (AvgIpc) is 2.41. The van der Waals surface area contributed by atoms with Crippen LogP contribution in [0.5, 0.6) is 5.75 Å². The smallest absolute Gasteiger partial charge is 0.293 e. The van der Waals surface area contributed by atoms with Gasteiger partial charge in [0, 0.05) is 17.4 Å². The molecule has 0 radical (unpaired) electrons. The van der Waals surface area contributed by atoms with Crippen LogP contribution in [0.2, 0.25) is 10.1 Å². The standard InChI is InChI=1S/C19H34FN3O2Si/c1-18(2,3)26(20,19(4,5)6)15-12-21-16(11-14(15)25-10)22-17(24)13-23(7,8)9/h11-12H,13H2,1-10H3/p+1. The third-order valence-corrected chi connectivity index (χ3v) is 9.66. The Kier molecular flexibility index (Phi) is 6.31. The van der Waals surface area contributed by atoms with Crippen molar-refractivity contribution in [2.24, 2.45) is 0 Å². The fourth-order valence-electron chi connectivity index (χ4n) is 3.48. The number of ether oxygens (including phenoxy) is 1. The molecule has 0 aromatic carbocycles. The van der Waals surface area contributed by atoms with Crippen LogP contribution in [0.15, 0.2) is 12.3 Å². The van der Waals surface area contributed by atoms with E-state index in [1.165, 1.54) is 7.11 Å². The monoisotopic (exact) mass is 384 g/mol. The number of pyridine rings is 1. The van der Waals surface area contributed by atoms with Gasteiger partial charge in [-0.25, -0.2) is 4.98 Å². The maximum atomic E-state index is 16.5. The van der Waals surface area contributed by atoms with Crippen molar-refractivity contribution in [3.8, 4) is 5.75 Å². The molecule has 1 heterocycles. The second-order valence-corrected chi connectivity index (χ2v) is 14.8. The normalized spacial score (nSPS) is 13.5. The van der Waals surface area contributed by atoms with Gasteiger partial charge in [-0.15, -0.1) is 0 Å². The Hall–Kier alpha value is -1.47. The van der Waals surface area contributed by atoms with Crippen molar-refractivity contribution in [1.29, 1.82) is 0 Å². The molecule has 0 spiro atoms. The van der Waals surface area contributed by atoms with Crippen LogP contribution >= 0.6 is 0 Å². The molecule has 0 aliphatic carbocycles. The van der Waals surface area contributed by atoms with Crippen molar-refractivity contribution in [2.45, 2.75) is 51.6 Å². The number of hydrogen-bond acceptors (Lipinski definition) is 3. The lowest BCUT2D eigenvalue weighted by atomic mass is 10.2. The summed E-state index contributed by atoms with van der Waals surface area (Å²) in [6.07, 6.45) is 1.54. The Labute approximate surface area is 158 Å². The highest BCUT2D eigenvalue weighted by atomic mass is 28.4. The lowest BCUT2D eigenvalue weighted by Gasteiger charge is -2.45. The molecule has 7 heteroatoms. The van der Waals surface area contributed by atoms with Gasteiger partial charge in [0.15, 0.2) is 6.54 Å². The number of rotatable bonds is 5. The zero-order valence-electron chi connectivity index (χ0n) is 18.0. The van der Waals surface area contributed by atoms with Gasteiger partial charge in [-0.2, -0.15) is 0 Å². The summed E-state index contributed by atoms with van der Waals surface area (Å²) in [5, 5.41) is 2.24. The van der Waals surface area contributed by atoms with Gasteiger partial charge in [-0.1, -0.05) is 41.5 Å². The number of nitrogens with one attached hydrogen (secondary N) is 1. The van der Waals surface area contributed by atoms with E-state index in [1.54, 1.807) is 12.3 Å². The van der Waals surface area contributed by atoms with Gasteiger partial charge in [0.25, 0.3) is 14.3 Å². The maximum absolute atomic E-state index is 16.5. The molecule has 0 fully saturated rings. The molecule has 5 nitrogen and oxygen atoms in total. The predicted molar refractivity (Wildman–Crippen MR) is 108 cm³/mol. The molecule has 1 aromatic heterocycles. The first-order chi connectivity index (χ1) is 11.5. The molecule has 1 aromatic rings. The van der Waals surface area contributed by atoms with Crippen molar-refractivity contribution < 1.29 is 18.1 Å². The van der Waals surface area contributed by atoms with Gasteiger partial charge in [0.2, 0.25) is 0 Å². The van der Waals surface area contributed by atoms with E-state index in [-0.39, 0.29) is 5.91 Å². The zero-order chi connectivity index (χ0) is 20.6. The van der Waals surface area contributed by atoms with Crippen LogP contribution in [0, 0.1) is 0 Å². The number of methoxy groups -OCH3 is 1. The Balaban J connectivity index is 3.34. The van der Waals surface area contributed by atoms with E-state index in [0.29, 0.717) is 27.8 Å². The summed E-state index contributed by atoms with van der Waals surface area (Å²) >= 11 is 0. The molecular weight excluding hydrogens is 349 g/mol. The third kappa shape index (κ3) is 4.82. The number of amides is 1. The second kappa shape index (κ2) is 7.27. The van der Waals surface area contributed by atoms with E-state index >= 15 is 4.11 Å². The summed E-state index contributed by atoms with van der Waals surface area (Å²) in [4.78, 5) is 16.5. The minimum atomic E-state index is -3.50. The molecule has 1 rings (SSSR count). The number of likely N-dealkylation sites (N-methyl/N-ethyl adjacent to an activating group) is 1. The van der Waals surface area contributed by atoms with Crippen molar-refractivity contribution in [1.82, 2.24) is 4.98 Å². The molecule has 0 atom stereocenters. The summed E-state index contributed by atoms with van der Waals surface area (Å²) in [5.41, 5.74) is 0. The fourth-order valence-corrected chi connectivity index (χ4v) is 8.10. The maximum Gasteiger partial charge on any atom is 0.293 e. The molecule has 1 amide bonds. The van der Waals surface area contributed by atoms with Gasteiger partial charge in [0.05, 0.1) is 28.3 Å². The van der Waals surface area contributed by atoms with Crippen molar-refractivity contribution >= 4 is 25.3 Å². The highest BCUT2D eigenvalue weighted by Gasteiger charge is 2.58. The summed E-state index contributed by atoms with van der Waals surface area (Å²) in [6, 6.07) is 1.63. The van der Waals surface area contributed by atoms with Gasteiger partial charge in [-0.3, -0.25) is 4.79 Å². The van der Waals surface area contributed by atoms with E-state index in [0.717, 1.165) is 0 Å². The van der Waals surface area contributed by atoms with Crippen LogP contribution in [-0.2, 0) is 4.79 Å². The fraction of sp³-hybridized carbons (Fsp3) is 0.684. The van der Waals surface area contributed by atoms with Gasteiger partial charge >= 0.3 is 0 Å². The van der Waals surface area contributed by atoms with Crippen LogP contribution in [0.1, 0.15) is 41.5 Å². The molecule has 0 unspecified atom stereocenters. The van der Waals surface area contributed by atoms with Gasteiger partial charge in [-0.05, 0) is 10.1 Å². The van der Waals surface area contributed by atoms with Gasteiger partial charge in [0.1, 0.15) is 11.6 Å². The van der Waals surface area contributed by atoms with Crippen LogP contribution in [0.3, 0.4) is 0 Å². The predicted octanol–water partition coefficient (Wildman–Crippen LogP) is 3.46. The number of carbonyl (C=O) groups excluding carboxylic acids is 1. The summed E-state index contributed by atoms with van der Waals surface area (Å²) in [7, 11) is 3.84. The quantitative estimate of drug-likeness (QED) is 0.480. The molecule has 1 N–H and O–H groups in total. The molecule has 0 saturated heterocycles. The number of quaternary nitrogens is 1. The third-order valence-electron chi connectivity index (χ3n) is 4.41. The number of hydrogen-bond donors (Lipinski definition) is 1. The van der Waals surface area contributed by atoms with Crippen LogP contribution in [-0.4, -0.2) is 58.6 Å². The SMILES string of the molecule is COc1cc(NC(=O)C[N+](C)(C)C)ncc1[Si](F)(C(C)(C)C)C(C)(C)C. The van der Waals surface area contributed by atoms with Crippen LogP contribution in [0.25, 0.3) is 0 Å². The summed E-state index contributed by atoms with van der Waals surface area (Å²) < 4.78 is 22.5. The minimum Gasteiger partial charge on any atom is -0.497 e. The van der Waals surface area contributed by atoms with Crippen molar-refractivity contribution in [3.05, 3.63) is 12.3 Å². The molecule has 0 saturated carbocycles. The topological polar surface area (TPSA) is 51.2 Å². The van der Waals surface area contributed by atoms with Crippen molar-refractivity contribution in [3.63, 3.8) is 0 Å². The Bertz CT molecular complexity index is 644. The molecule has 0 aliphatic rings. The van der Waals surface area contributed by atoms with E-state index in [4.69, 9.17) is 4.74 Å². The Morgan fingerprint density at radius 1 is 1.19 bits per heavy atom. The first-order valence-electron chi connectivity index (χ1n) is 8.86.